The van der Waals surface area contributed by atoms with Gasteiger partial charge in [0.05, 0.1) is 25.2 Å². The van der Waals surface area contributed by atoms with Crippen LogP contribution in [0, 0.1) is 0 Å². The lowest BCUT2D eigenvalue weighted by Gasteiger charge is -2.13. The lowest BCUT2D eigenvalue weighted by atomic mass is 10.1. The first kappa shape index (κ1) is 31.1. The van der Waals surface area contributed by atoms with Crippen LogP contribution in [0.5, 0.6) is 5.75 Å². The third-order valence-electron chi connectivity index (χ3n) is 5.22. The molecule has 1 unspecified atom stereocenters. The topological polar surface area (TPSA) is 182 Å². The van der Waals surface area contributed by atoms with Gasteiger partial charge in [-0.1, -0.05) is 16.9 Å². The van der Waals surface area contributed by atoms with Crippen molar-refractivity contribution in [1.82, 2.24) is 15.5 Å². The summed E-state index contributed by atoms with van der Waals surface area (Å²) in [4.78, 5) is 56.5. The number of hydrazone groups is 1. The van der Waals surface area contributed by atoms with Crippen molar-refractivity contribution in [2.75, 3.05) is 12.4 Å². The lowest BCUT2D eigenvalue weighted by molar-refractivity contribution is -0.197. The number of hydrogen-bond donors (Lipinski definition) is 2. The zero-order chi connectivity index (χ0) is 29.1. The number of pyridine rings is 1. The van der Waals surface area contributed by atoms with E-state index < -0.39 is 39.6 Å². The van der Waals surface area contributed by atoms with E-state index in [1.165, 1.54) is 21.6 Å². The number of rotatable bonds is 14. The minimum absolute atomic E-state index is 0.0639. The molecule has 2 N–H and O–H groups in total. The van der Waals surface area contributed by atoms with Crippen molar-refractivity contribution in [1.29, 1.82) is 0 Å². The Labute approximate surface area is 238 Å². The summed E-state index contributed by atoms with van der Waals surface area (Å²) in [6, 6.07) is 12.5. The van der Waals surface area contributed by atoms with E-state index >= 15 is 0 Å². The maximum atomic E-state index is 12.0. The normalized spacial score (nSPS) is 15.7. The predicted molar refractivity (Wildman–Crippen MR) is 147 cm³/mol. The van der Waals surface area contributed by atoms with Gasteiger partial charge >= 0.3 is 5.97 Å². The molecule has 0 bridgehead atoms. The standard InChI is InChI=1S/C24H26N4O9S3/c1-16(26-27-20(29)11-14-38-39-21-5-2-3-12-25-21)17-7-9-18(10-8-17)36-13-4-6-23(31)37-28-22(30)15-19(24(28)32)40(33,34)35/h2-3,5,7-10,12,19H,4,6,11,13-15H2,1H3,(H,27,29)(H,33,34,35)/b26-16+. The Kier molecular flexibility index (Phi) is 11.5. The summed E-state index contributed by atoms with van der Waals surface area (Å²) in [5.41, 5.74) is 3.90. The fourth-order valence-corrected chi connectivity index (χ4v) is 5.73. The van der Waals surface area contributed by atoms with Crippen LogP contribution >= 0.6 is 21.6 Å². The van der Waals surface area contributed by atoms with E-state index in [0.717, 1.165) is 10.6 Å². The van der Waals surface area contributed by atoms with E-state index in [1.807, 2.05) is 18.2 Å². The molecular formula is C24H26N4O9S3. The fourth-order valence-electron chi connectivity index (χ4n) is 3.16. The van der Waals surface area contributed by atoms with E-state index in [1.54, 1.807) is 37.4 Å². The van der Waals surface area contributed by atoms with Gasteiger partial charge in [0, 0.05) is 18.4 Å². The van der Waals surface area contributed by atoms with E-state index in [0.29, 0.717) is 23.6 Å². The quantitative estimate of drug-likeness (QED) is 0.0797. The summed E-state index contributed by atoms with van der Waals surface area (Å²) < 4.78 is 36.8. The lowest BCUT2D eigenvalue weighted by Crippen LogP contribution is -2.36. The molecule has 13 nitrogen and oxygen atoms in total. The summed E-state index contributed by atoms with van der Waals surface area (Å²) in [6.45, 7) is 1.87. The van der Waals surface area contributed by atoms with Crippen molar-refractivity contribution < 1.29 is 41.7 Å². The minimum Gasteiger partial charge on any atom is -0.494 e. The van der Waals surface area contributed by atoms with Crippen molar-refractivity contribution in [3.63, 3.8) is 0 Å². The molecule has 1 atom stereocenters. The van der Waals surface area contributed by atoms with Gasteiger partial charge in [0.15, 0.2) is 5.25 Å². The second kappa shape index (κ2) is 14.8. The van der Waals surface area contributed by atoms with E-state index in [4.69, 9.17) is 9.29 Å². The van der Waals surface area contributed by atoms with Crippen molar-refractivity contribution >= 4 is 61.1 Å². The molecule has 40 heavy (non-hydrogen) atoms. The molecule has 214 valence electrons. The van der Waals surface area contributed by atoms with Gasteiger partial charge in [0.2, 0.25) is 5.91 Å². The zero-order valence-corrected chi connectivity index (χ0v) is 23.7. The van der Waals surface area contributed by atoms with Crippen LogP contribution in [0.15, 0.2) is 58.8 Å². The first-order valence-electron chi connectivity index (χ1n) is 11.9. The highest BCUT2D eigenvalue weighted by Crippen LogP contribution is 2.29. The number of amides is 3. The second-order valence-corrected chi connectivity index (χ2v) is 12.3. The van der Waals surface area contributed by atoms with Crippen LogP contribution in [0.3, 0.4) is 0 Å². The van der Waals surface area contributed by atoms with Crippen LogP contribution in [0.2, 0.25) is 0 Å². The monoisotopic (exact) mass is 610 g/mol. The SMILES string of the molecule is C/C(=N\NC(=O)CCSSc1ccccn1)c1ccc(OCCCC(=O)ON2C(=O)CC(S(=O)(=O)O)C2=O)cc1. The number of aromatic nitrogens is 1. The first-order valence-corrected chi connectivity index (χ1v) is 15.7. The molecule has 1 aromatic carbocycles. The van der Waals surface area contributed by atoms with Crippen LogP contribution in [0.1, 0.15) is 38.2 Å². The molecule has 1 fully saturated rings. The number of carbonyl (C=O) groups is 4. The Hall–Kier alpha value is -3.47. The van der Waals surface area contributed by atoms with Crippen LogP contribution in [0.25, 0.3) is 0 Å². The number of benzene rings is 1. The Morgan fingerprint density at radius 2 is 1.93 bits per heavy atom. The number of ether oxygens (including phenoxy) is 1. The highest BCUT2D eigenvalue weighted by atomic mass is 33.1. The summed E-state index contributed by atoms with van der Waals surface area (Å²) >= 11 is 0. The van der Waals surface area contributed by atoms with Gasteiger partial charge in [-0.2, -0.15) is 13.5 Å². The number of carbonyl (C=O) groups excluding carboxylic acids is 4. The highest BCUT2D eigenvalue weighted by Gasteiger charge is 2.48. The molecule has 3 amide bonds. The summed E-state index contributed by atoms with van der Waals surface area (Å²) in [5, 5.41) is 3.09. The third kappa shape index (κ3) is 9.62. The summed E-state index contributed by atoms with van der Waals surface area (Å²) in [5.74, 6) is -2.37. The van der Waals surface area contributed by atoms with E-state index in [-0.39, 0.29) is 30.4 Å². The molecule has 16 heteroatoms. The van der Waals surface area contributed by atoms with E-state index in [2.05, 4.69) is 20.3 Å². The van der Waals surface area contributed by atoms with Gasteiger partial charge in [0.1, 0.15) is 10.8 Å². The molecule has 1 aliphatic heterocycles. The maximum Gasteiger partial charge on any atom is 0.333 e. The number of nitrogens with zero attached hydrogens (tertiary/aromatic N) is 3. The fraction of sp³-hybridized carbons (Fsp3) is 0.333. The van der Waals surface area contributed by atoms with Crippen LogP contribution < -0.4 is 10.2 Å². The van der Waals surface area contributed by atoms with Crippen molar-refractivity contribution in [2.45, 2.75) is 42.9 Å². The van der Waals surface area contributed by atoms with E-state index in [9.17, 15) is 27.6 Å². The predicted octanol–water partition coefficient (Wildman–Crippen LogP) is 2.38. The number of imide groups is 1. The molecule has 1 aromatic heterocycles. The van der Waals surface area contributed by atoms with Gasteiger partial charge in [0.25, 0.3) is 21.9 Å². The average Bonchev–Trinajstić information content (AvgIpc) is 3.22. The molecule has 0 aliphatic carbocycles. The van der Waals surface area contributed by atoms with Crippen LogP contribution in [-0.2, 0) is 34.1 Å². The third-order valence-corrected chi connectivity index (χ3v) is 8.58. The average molecular weight is 611 g/mol. The summed E-state index contributed by atoms with van der Waals surface area (Å²) in [6.07, 6.45) is 1.19. The van der Waals surface area contributed by atoms with Crippen molar-refractivity contribution in [3.05, 3.63) is 54.2 Å². The highest BCUT2D eigenvalue weighted by molar-refractivity contribution is 8.76. The molecule has 0 radical (unpaired) electrons. The minimum atomic E-state index is -4.79. The van der Waals surface area contributed by atoms with Crippen molar-refractivity contribution in [3.8, 4) is 5.75 Å². The number of nitrogens with one attached hydrogen (secondary N) is 1. The second-order valence-electron chi connectivity index (χ2n) is 8.23. The Balaban J connectivity index is 1.33. The van der Waals surface area contributed by atoms with Gasteiger partial charge in [-0.3, -0.25) is 18.9 Å². The largest absolute Gasteiger partial charge is 0.494 e. The first-order chi connectivity index (χ1) is 19.0. The van der Waals surface area contributed by atoms with Gasteiger partial charge in [-0.05, 0) is 66.1 Å². The molecule has 1 aliphatic rings. The van der Waals surface area contributed by atoms with Gasteiger partial charge in [-0.15, -0.1) is 5.06 Å². The number of hydroxylamine groups is 2. The Morgan fingerprint density at radius 3 is 2.58 bits per heavy atom. The molecule has 0 spiro atoms. The smallest absolute Gasteiger partial charge is 0.333 e. The van der Waals surface area contributed by atoms with Crippen LogP contribution in [-0.4, -0.2) is 70.0 Å². The zero-order valence-electron chi connectivity index (χ0n) is 21.2. The van der Waals surface area contributed by atoms with Crippen LogP contribution in [0.4, 0.5) is 0 Å². The molecule has 3 rings (SSSR count). The Bertz CT molecular complexity index is 1350. The molecule has 2 aromatic rings. The Morgan fingerprint density at radius 1 is 1.18 bits per heavy atom. The van der Waals surface area contributed by atoms with Gasteiger partial charge in [-0.25, -0.2) is 15.2 Å². The number of hydrogen-bond acceptors (Lipinski definition) is 12. The molecule has 2 heterocycles. The molecule has 0 saturated carbocycles. The maximum absolute atomic E-state index is 12.0. The van der Waals surface area contributed by atoms with Crippen molar-refractivity contribution in [2.24, 2.45) is 5.10 Å². The molecule has 1 saturated heterocycles. The summed E-state index contributed by atoms with van der Waals surface area (Å²) in [7, 11) is -1.75. The molecular weight excluding hydrogens is 584 g/mol. The van der Waals surface area contributed by atoms with Gasteiger partial charge < -0.3 is 9.57 Å².